The fraction of sp³-hybridized carbons (Fsp3) is 0.467. The van der Waals surface area contributed by atoms with Crippen LogP contribution in [0.4, 0.5) is 0 Å². The van der Waals surface area contributed by atoms with Gasteiger partial charge in [-0.3, -0.25) is 4.68 Å². The van der Waals surface area contributed by atoms with E-state index in [0.29, 0.717) is 6.04 Å². The van der Waals surface area contributed by atoms with E-state index in [1.54, 1.807) is 6.33 Å². The zero-order valence-corrected chi connectivity index (χ0v) is 12.1. The molecule has 1 unspecified atom stereocenters. The molecular weight excluding hydrogens is 236 g/mol. The molecule has 1 atom stereocenters. The van der Waals surface area contributed by atoms with Gasteiger partial charge in [0.1, 0.15) is 12.2 Å². The van der Waals surface area contributed by atoms with Crippen LogP contribution in [-0.4, -0.2) is 27.9 Å². The maximum Gasteiger partial charge on any atom is 0.138 e. The number of benzene rings is 1. The largest absolute Gasteiger partial charge is 0.316 e. The summed E-state index contributed by atoms with van der Waals surface area (Å²) in [5, 5.41) is 7.50. The maximum absolute atomic E-state index is 4.30. The van der Waals surface area contributed by atoms with Crippen molar-refractivity contribution < 1.29 is 0 Å². The van der Waals surface area contributed by atoms with Crippen LogP contribution in [-0.2, 0) is 19.9 Å². The molecule has 0 bridgehead atoms. The van der Waals surface area contributed by atoms with Crippen LogP contribution in [0.15, 0.2) is 24.5 Å². The first-order valence-electron chi connectivity index (χ1n) is 6.66. The summed E-state index contributed by atoms with van der Waals surface area (Å²) in [6.07, 6.45) is 3.51. The van der Waals surface area contributed by atoms with E-state index in [4.69, 9.17) is 0 Å². The molecule has 0 radical (unpaired) electrons. The van der Waals surface area contributed by atoms with Gasteiger partial charge in [-0.25, -0.2) is 4.98 Å². The number of aryl methyl sites for hydroxylation is 3. The van der Waals surface area contributed by atoms with Crippen LogP contribution in [0, 0.1) is 13.8 Å². The van der Waals surface area contributed by atoms with Gasteiger partial charge in [0.2, 0.25) is 0 Å². The fourth-order valence-corrected chi connectivity index (χ4v) is 2.29. The third kappa shape index (κ3) is 3.41. The number of rotatable bonds is 5. The minimum Gasteiger partial charge on any atom is -0.316 e. The van der Waals surface area contributed by atoms with Crippen molar-refractivity contribution >= 4 is 0 Å². The number of likely N-dealkylation sites (N-methyl/N-ethyl adjacent to an activating group) is 1. The van der Waals surface area contributed by atoms with Gasteiger partial charge in [0.15, 0.2) is 0 Å². The first kappa shape index (κ1) is 13.7. The molecule has 0 aliphatic heterocycles. The molecule has 1 heterocycles. The molecule has 0 aliphatic carbocycles. The summed E-state index contributed by atoms with van der Waals surface area (Å²) >= 11 is 0. The van der Waals surface area contributed by atoms with E-state index in [-0.39, 0.29) is 0 Å². The topological polar surface area (TPSA) is 42.7 Å². The van der Waals surface area contributed by atoms with Crippen LogP contribution >= 0.6 is 0 Å². The summed E-state index contributed by atoms with van der Waals surface area (Å²) in [7, 11) is 3.94. The monoisotopic (exact) mass is 258 g/mol. The summed E-state index contributed by atoms with van der Waals surface area (Å²) < 4.78 is 1.84. The number of nitrogens with one attached hydrogen (secondary N) is 1. The van der Waals surface area contributed by atoms with Crippen LogP contribution in [0.25, 0.3) is 0 Å². The summed E-state index contributed by atoms with van der Waals surface area (Å²) in [4.78, 5) is 4.30. The van der Waals surface area contributed by atoms with Crippen molar-refractivity contribution in [2.75, 3.05) is 7.05 Å². The number of hydrogen-bond donors (Lipinski definition) is 1. The molecule has 4 nitrogen and oxygen atoms in total. The van der Waals surface area contributed by atoms with Gasteiger partial charge in [-0.2, -0.15) is 5.10 Å². The molecule has 1 N–H and O–H groups in total. The minimum absolute atomic E-state index is 0.378. The lowest BCUT2D eigenvalue weighted by Gasteiger charge is -2.17. The molecule has 0 spiro atoms. The molecule has 1 aromatic carbocycles. The Labute approximate surface area is 114 Å². The summed E-state index contributed by atoms with van der Waals surface area (Å²) in [5.74, 6) is 1.02. The average Bonchev–Trinajstić information content (AvgIpc) is 2.78. The predicted octanol–water partition coefficient (Wildman–Crippen LogP) is 1.81. The van der Waals surface area contributed by atoms with Crippen LogP contribution in [0.1, 0.15) is 22.5 Å². The van der Waals surface area contributed by atoms with E-state index in [1.807, 2.05) is 18.8 Å². The Morgan fingerprint density at radius 2 is 2.05 bits per heavy atom. The van der Waals surface area contributed by atoms with Crippen molar-refractivity contribution in [2.24, 2.45) is 7.05 Å². The number of hydrogen-bond acceptors (Lipinski definition) is 3. The molecule has 2 aromatic rings. The SMILES string of the molecule is CNC(Cc1cc(C)ccc1C)Cc1ncnn1C. The lowest BCUT2D eigenvalue weighted by Crippen LogP contribution is -2.31. The standard InChI is InChI=1S/C15H22N4/c1-11-5-6-12(2)13(7-11)8-14(16-3)9-15-17-10-18-19(15)4/h5-7,10,14,16H,8-9H2,1-4H3. The summed E-state index contributed by atoms with van der Waals surface area (Å²) in [6.45, 7) is 4.31. The first-order valence-corrected chi connectivity index (χ1v) is 6.66. The van der Waals surface area contributed by atoms with Gasteiger partial charge < -0.3 is 5.32 Å². The third-order valence-corrected chi connectivity index (χ3v) is 3.61. The van der Waals surface area contributed by atoms with Gasteiger partial charge in [0, 0.05) is 19.5 Å². The van der Waals surface area contributed by atoms with Gasteiger partial charge in [0.05, 0.1) is 0 Å². The highest BCUT2D eigenvalue weighted by Gasteiger charge is 2.13. The lowest BCUT2D eigenvalue weighted by atomic mass is 9.97. The summed E-state index contributed by atoms with van der Waals surface area (Å²) in [6, 6.07) is 7.01. The van der Waals surface area contributed by atoms with Crippen LogP contribution < -0.4 is 5.32 Å². The highest BCUT2D eigenvalue weighted by atomic mass is 15.3. The van der Waals surface area contributed by atoms with Crippen molar-refractivity contribution in [1.82, 2.24) is 20.1 Å². The zero-order chi connectivity index (χ0) is 13.8. The van der Waals surface area contributed by atoms with Crippen molar-refractivity contribution in [3.63, 3.8) is 0 Å². The van der Waals surface area contributed by atoms with Crippen molar-refractivity contribution in [2.45, 2.75) is 32.7 Å². The van der Waals surface area contributed by atoms with E-state index in [1.165, 1.54) is 16.7 Å². The quantitative estimate of drug-likeness (QED) is 0.889. The Bertz CT molecular complexity index is 545. The maximum atomic E-state index is 4.30. The van der Waals surface area contributed by atoms with Crippen molar-refractivity contribution in [3.05, 3.63) is 47.0 Å². The lowest BCUT2D eigenvalue weighted by molar-refractivity contribution is 0.526. The second-order valence-corrected chi connectivity index (χ2v) is 5.12. The van der Waals surface area contributed by atoms with Gasteiger partial charge in [-0.15, -0.1) is 0 Å². The smallest absolute Gasteiger partial charge is 0.138 e. The number of nitrogens with zero attached hydrogens (tertiary/aromatic N) is 3. The Hall–Kier alpha value is -1.68. The normalized spacial score (nSPS) is 12.6. The molecule has 1 aromatic heterocycles. The molecule has 4 heteroatoms. The highest BCUT2D eigenvalue weighted by molar-refractivity contribution is 5.31. The van der Waals surface area contributed by atoms with Crippen LogP contribution in [0.5, 0.6) is 0 Å². The van der Waals surface area contributed by atoms with Crippen molar-refractivity contribution in [3.8, 4) is 0 Å². The predicted molar refractivity (Wildman–Crippen MR) is 77.2 cm³/mol. The van der Waals surface area contributed by atoms with E-state index in [2.05, 4.69) is 47.4 Å². The second-order valence-electron chi connectivity index (χ2n) is 5.12. The third-order valence-electron chi connectivity index (χ3n) is 3.61. The summed E-state index contributed by atoms with van der Waals surface area (Å²) in [5.41, 5.74) is 4.07. The van der Waals surface area contributed by atoms with Crippen molar-refractivity contribution in [1.29, 1.82) is 0 Å². The Morgan fingerprint density at radius 3 is 2.68 bits per heavy atom. The molecule has 0 fully saturated rings. The van der Waals surface area contributed by atoms with E-state index in [9.17, 15) is 0 Å². The first-order chi connectivity index (χ1) is 9.10. The highest BCUT2D eigenvalue weighted by Crippen LogP contribution is 2.14. The van der Waals surface area contributed by atoms with Gasteiger partial charge in [0.25, 0.3) is 0 Å². The molecule has 0 saturated carbocycles. The zero-order valence-electron chi connectivity index (χ0n) is 12.1. The average molecular weight is 258 g/mol. The van der Waals surface area contributed by atoms with Gasteiger partial charge >= 0.3 is 0 Å². The Balaban J connectivity index is 2.11. The van der Waals surface area contributed by atoms with E-state index < -0.39 is 0 Å². The molecule has 19 heavy (non-hydrogen) atoms. The van der Waals surface area contributed by atoms with E-state index in [0.717, 1.165) is 18.7 Å². The molecular formula is C15H22N4. The Kier molecular flexibility index (Phi) is 4.32. The number of aromatic nitrogens is 3. The fourth-order valence-electron chi connectivity index (χ4n) is 2.29. The van der Waals surface area contributed by atoms with Crippen LogP contribution in [0.3, 0.4) is 0 Å². The minimum atomic E-state index is 0.378. The molecule has 102 valence electrons. The molecule has 0 saturated heterocycles. The van der Waals surface area contributed by atoms with Gasteiger partial charge in [-0.05, 0) is 38.4 Å². The van der Waals surface area contributed by atoms with E-state index >= 15 is 0 Å². The Morgan fingerprint density at radius 1 is 1.26 bits per heavy atom. The molecule has 0 aliphatic rings. The van der Waals surface area contributed by atoms with Crippen LogP contribution in [0.2, 0.25) is 0 Å². The molecule has 0 amide bonds. The van der Waals surface area contributed by atoms with Gasteiger partial charge in [-0.1, -0.05) is 23.8 Å². The second kappa shape index (κ2) is 5.97. The molecule has 2 rings (SSSR count).